The highest BCUT2D eigenvalue weighted by molar-refractivity contribution is 7.15. The van der Waals surface area contributed by atoms with E-state index in [2.05, 4.69) is 15.0 Å². The number of carbonyl (C=O) groups excluding carboxylic acids is 1. The molecule has 2 aromatic heterocycles. The Balaban J connectivity index is 0.000000387. The molecule has 0 aliphatic heterocycles. The van der Waals surface area contributed by atoms with E-state index in [0.717, 1.165) is 17.3 Å². The van der Waals surface area contributed by atoms with Crippen molar-refractivity contribution in [3.05, 3.63) is 23.5 Å². The van der Waals surface area contributed by atoms with E-state index in [1.807, 2.05) is 50.0 Å². The lowest BCUT2D eigenvalue weighted by molar-refractivity contribution is -0.129. The Morgan fingerprint density at radius 1 is 1.50 bits per heavy atom. The molecule has 0 unspecified atom stereocenters. The summed E-state index contributed by atoms with van der Waals surface area (Å²) in [5.74, 6) is 0. The van der Waals surface area contributed by atoms with Crippen LogP contribution in [0.15, 0.2) is 17.8 Å². The summed E-state index contributed by atoms with van der Waals surface area (Å²) in [7, 11) is 1.86. The minimum absolute atomic E-state index is 0.248. The van der Waals surface area contributed by atoms with Crippen molar-refractivity contribution < 1.29 is 14.3 Å². The smallest absolute Gasteiger partial charge is 0.293 e. The fraction of sp³-hybridized carbons (Fsp3) is 0.538. The third-order valence-corrected chi connectivity index (χ3v) is 2.66. The molecule has 0 aliphatic rings. The second-order valence-corrected chi connectivity index (χ2v) is 4.10. The SMILES string of the molecule is CC.CCOCNC.O=COCc1cn2ccsc2n1. The molecule has 1 N–H and O–H groups in total. The van der Waals surface area contributed by atoms with Crippen LogP contribution in [-0.4, -0.2) is 36.2 Å². The highest BCUT2D eigenvalue weighted by Crippen LogP contribution is 2.11. The van der Waals surface area contributed by atoms with Crippen LogP contribution >= 0.6 is 11.3 Å². The first kappa shape index (κ1) is 18.6. The molecule has 0 aliphatic carbocycles. The van der Waals surface area contributed by atoms with Gasteiger partial charge in [0.25, 0.3) is 6.47 Å². The van der Waals surface area contributed by atoms with Crippen molar-refractivity contribution in [3.8, 4) is 0 Å². The lowest BCUT2D eigenvalue weighted by Crippen LogP contribution is -2.10. The molecule has 6 nitrogen and oxygen atoms in total. The molecule has 0 bridgehead atoms. The predicted molar refractivity (Wildman–Crippen MR) is 80.8 cm³/mol. The van der Waals surface area contributed by atoms with Gasteiger partial charge in [0, 0.05) is 24.4 Å². The van der Waals surface area contributed by atoms with Gasteiger partial charge < -0.3 is 9.47 Å². The second kappa shape index (κ2) is 12.6. The molecule has 2 heterocycles. The Labute approximate surface area is 123 Å². The number of nitrogens with one attached hydrogen (secondary N) is 1. The quantitative estimate of drug-likeness (QED) is 0.504. The van der Waals surface area contributed by atoms with Crippen molar-refractivity contribution in [1.29, 1.82) is 0 Å². The third kappa shape index (κ3) is 7.22. The summed E-state index contributed by atoms with van der Waals surface area (Å²) in [5, 5.41) is 4.80. The van der Waals surface area contributed by atoms with Gasteiger partial charge >= 0.3 is 0 Å². The van der Waals surface area contributed by atoms with Crippen LogP contribution in [0.2, 0.25) is 0 Å². The molecule has 0 aromatic carbocycles. The van der Waals surface area contributed by atoms with Gasteiger partial charge in [0.1, 0.15) is 6.61 Å². The average Bonchev–Trinajstić information content (AvgIpc) is 3.07. The van der Waals surface area contributed by atoms with Gasteiger partial charge in [0.15, 0.2) is 4.96 Å². The summed E-state index contributed by atoms with van der Waals surface area (Å²) >= 11 is 1.55. The Kier molecular flexibility index (Phi) is 11.7. The van der Waals surface area contributed by atoms with Gasteiger partial charge in [0.2, 0.25) is 0 Å². The standard InChI is InChI=1S/C7H6N2O2S.C4H11NO.C2H6/c10-5-11-4-6-3-9-1-2-12-7(9)8-6;1-3-6-4-5-2;1-2/h1-3,5H,4H2;5H,3-4H2,1-2H3;1-2H3. The molecule has 0 saturated carbocycles. The van der Waals surface area contributed by atoms with Crippen molar-refractivity contribution in [2.45, 2.75) is 27.4 Å². The highest BCUT2D eigenvalue weighted by Gasteiger charge is 2.01. The molecule has 0 amide bonds. The molecular formula is C13H23N3O3S. The number of imidazole rings is 1. The number of nitrogens with zero attached hydrogens (tertiary/aromatic N) is 2. The van der Waals surface area contributed by atoms with Gasteiger partial charge in [0.05, 0.1) is 12.4 Å². The number of aromatic nitrogens is 2. The lowest BCUT2D eigenvalue weighted by Gasteiger charge is -1.93. The van der Waals surface area contributed by atoms with Crippen molar-refractivity contribution in [3.63, 3.8) is 0 Å². The summed E-state index contributed by atoms with van der Waals surface area (Å²) in [4.78, 5) is 15.0. The van der Waals surface area contributed by atoms with Crippen LogP contribution in [0.3, 0.4) is 0 Å². The number of fused-ring (bicyclic) bond motifs is 1. The van der Waals surface area contributed by atoms with Gasteiger partial charge in [-0.2, -0.15) is 0 Å². The Morgan fingerprint density at radius 2 is 2.25 bits per heavy atom. The topological polar surface area (TPSA) is 64.9 Å². The first-order valence-corrected chi connectivity index (χ1v) is 7.38. The fourth-order valence-corrected chi connectivity index (χ4v) is 1.89. The molecule has 2 rings (SSSR count). The predicted octanol–water partition coefficient (Wildman–Crippen LogP) is 2.29. The fourth-order valence-electron chi connectivity index (χ4n) is 1.17. The first-order chi connectivity index (χ1) is 9.81. The Morgan fingerprint density at radius 3 is 2.75 bits per heavy atom. The minimum Gasteiger partial charge on any atom is -0.461 e. The number of hydrogen-bond donors (Lipinski definition) is 1. The van der Waals surface area contributed by atoms with Crippen LogP contribution in [0, 0.1) is 0 Å². The van der Waals surface area contributed by atoms with Gasteiger partial charge in [-0.3, -0.25) is 14.5 Å². The number of ether oxygens (including phenoxy) is 2. The number of thiazole rings is 1. The molecule has 0 atom stereocenters. The van der Waals surface area contributed by atoms with Crippen LogP contribution in [0.4, 0.5) is 0 Å². The van der Waals surface area contributed by atoms with Crippen molar-refractivity contribution in [1.82, 2.24) is 14.7 Å². The molecule has 0 saturated heterocycles. The van der Waals surface area contributed by atoms with E-state index < -0.39 is 0 Å². The van der Waals surface area contributed by atoms with Crippen LogP contribution in [0.25, 0.3) is 4.96 Å². The van der Waals surface area contributed by atoms with Gasteiger partial charge in [-0.05, 0) is 14.0 Å². The van der Waals surface area contributed by atoms with Crippen LogP contribution in [0.5, 0.6) is 0 Å². The molecule has 2 aromatic rings. The molecule has 114 valence electrons. The lowest BCUT2D eigenvalue weighted by atomic mass is 10.5. The molecule has 0 radical (unpaired) electrons. The molecule has 20 heavy (non-hydrogen) atoms. The minimum atomic E-state index is 0.248. The maximum atomic E-state index is 9.88. The van der Waals surface area contributed by atoms with E-state index in [4.69, 9.17) is 4.74 Å². The highest BCUT2D eigenvalue weighted by atomic mass is 32.1. The summed E-state index contributed by atoms with van der Waals surface area (Å²) in [6.45, 7) is 8.10. The number of hydrogen-bond acceptors (Lipinski definition) is 6. The molecule has 0 fully saturated rings. The second-order valence-electron chi connectivity index (χ2n) is 3.22. The first-order valence-electron chi connectivity index (χ1n) is 6.50. The zero-order valence-corrected chi connectivity index (χ0v) is 13.3. The van der Waals surface area contributed by atoms with Crippen molar-refractivity contribution >= 4 is 22.8 Å². The van der Waals surface area contributed by atoms with E-state index in [1.165, 1.54) is 0 Å². The zero-order chi connectivity index (χ0) is 15.2. The Hall–Kier alpha value is -1.44. The normalized spacial score (nSPS) is 9.20. The largest absolute Gasteiger partial charge is 0.461 e. The zero-order valence-electron chi connectivity index (χ0n) is 12.5. The monoisotopic (exact) mass is 301 g/mol. The van der Waals surface area contributed by atoms with Crippen molar-refractivity contribution in [2.75, 3.05) is 20.4 Å². The van der Waals surface area contributed by atoms with E-state index in [9.17, 15) is 4.79 Å². The maximum Gasteiger partial charge on any atom is 0.293 e. The number of rotatable bonds is 6. The van der Waals surface area contributed by atoms with Gasteiger partial charge in [-0.1, -0.05) is 13.8 Å². The van der Waals surface area contributed by atoms with E-state index in [-0.39, 0.29) is 6.61 Å². The van der Waals surface area contributed by atoms with Gasteiger partial charge in [-0.15, -0.1) is 11.3 Å². The summed E-state index contributed by atoms with van der Waals surface area (Å²) in [5.41, 5.74) is 0.772. The van der Waals surface area contributed by atoms with Crippen LogP contribution in [0.1, 0.15) is 26.5 Å². The average molecular weight is 301 g/mol. The van der Waals surface area contributed by atoms with E-state index in [0.29, 0.717) is 13.2 Å². The van der Waals surface area contributed by atoms with Crippen LogP contribution < -0.4 is 5.32 Å². The van der Waals surface area contributed by atoms with E-state index in [1.54, 1.807) is 11.3 Å². The Bertz CT molecular complexity index is 424. The van der Waals surface area contributed by atoms with Gasteiger partial charge in [-0.25, -0.2) is 4.98 Å². The van der Waals surface area contributed by atoms with Crippen molar-refractivity contribution in [2.24, 2.45) is 0 Å². The molecule has 7 heteroatoms. The van der Waals surface area contributed by atoms with Crippen LogP contribution in [-0.2, 0) is 20.9 Å². The van der Waals surface area contributed by atoms with E-state index >= 15 is 0 Å². The molecular weight excluding hydrogens is 278 g/mol. The maximum absolute atomic E-state index is 9.88. The summed E-state index contributed by atoms with van der Waals surface area (Å²) < 4.78 is 11.3. The summed E-state index contributed by atoms with van der Waals surface area (Å²) in [6, 6.07) is 0. The third-order valence-electron chi connectivity index (χ3n) is 1.89. The summed E-state index contributed by atoms with van der Waals surface area (Å²) in [6.07, 6.45) is 3.76. The number of carbonyl (C=O) groups is 1. The molecule has 0 spiro atoms.